The Morgan fingerprint density at radius 1 is 1.35 bits per heavy atom. The SMILES string of the molecule is COc1ccc(C(=O)Nc2[nH]ncc2C)cc1. The molecule has 17 heavy (non-hydrogen) atoms. The molecule has 0 radical (unpaired) electrons. The third-order valence-electron chi connectivity index (χ3n) is 2.42. The highest BCUT2D eigenvalue weighted by molar-refractivity contribution is 6.04. The van der Waals surface area contributed by atoms with E-state index in [-0.39, 0.29) is 5.91 Å². The average molecular weight is 231 g/mol. The first kappa shape index (κ1) is 11.2. The van der Waals surface area contributed by atoms with Crippen LogP contribution >= 0.6 is 0 Å². The lowest BCUT2D eigenvalue weighted by Gasteiger charge is -2.04. The fourth-order valence-corrected chi connectivity index (χ4v) is 1.40. The van der Waals surface area contributed by atoms with Crippen LogP contribution in [-0.2, 0) is 0 Å². The predicted octanol–water partition coefficient (Wildman–Crippen LogP) is 1.98. The van der Waals surface area contributed by atoms with E-state index < -0.39 is 0 Å². The van der Waals surface area contributed by atoms with Gasteiger partial charge in [0.15, 0.2) is 0 Å². The standard InChI is InChI=1S/C12H13N3O2/c1-8-7-13-15-11(8)14-12(16)9-3-5-10(17-2)6-4-9/h3-7H,1-2H3,(H2,13,14,15,16). The highest BCUT2D eigenvalue weighted by Gasteiger charge is 2.08. The normalized spacial score (nSPS) is 10.0. The van der Waals surface area contributed by atoms with Gasteiger partial charge in [-0.05, 0) is 31.2 Å². The second-order valence-corrected chi connectivity index (χ2v) is 3.61. The van der Waals surface area contributed by atoms with Crippen molar-refractivity contribution in [1.29, 1.82) is 0 Å². The van der Waals surface area contributed by atoms with Crippen molar-refractivity contribution in [3.05, 3.63) is 41.6 Å². The molecule has 0 saturated heterocycles. The number of methoxy groups -OCH3 is 1. The Morgan fingerprint density at radius 2 is 2.06 bits per heavy atom. The van der Waals surface area contributed by atoms with Crippen LogP contribution in [0.2, 0.25) is 0 Å². The molecule has 0 saturated carbocycles. The predicted molar refractivity (Wildman–Crippen MR) is 64.3 cm³/mol. The smallest absolute Gasteiger partial charge is 0.256 e. The van der Waals surface area contributed by atoms with Gasteiger partial charge in [-0.2, -0.15) is 5.10 Å². The minimum atomic E-state index is -0.181. The van der Waals surface area contributed by atoms with E-state index in [9.17, 15) is 4.79 Å². The van der Waals surface area contributed by atoms with Gasteiger partial charge in [0.2, 0.25) is 0 Å². The van der Waals surface area contributed by atoms with E-state index in [1.54, 1.807) is 37.6 Å². The number of aromatic nitrogens is 2. The molecule has 88 valence electrons. The van der Waals surface area contributed by atoms with Gasteiger partial charge in [-0.3, -0.25) is 9.89 Å². The fourth-order valence-electron chi connectivity index (χ4n) is 1.40. The Hall–Kier alpha value is -2.30. The van der Waals surface area contributed by atoms with Gasteiger partial charge in [-0.25, -0.2) is 0 Å². The zero-order valence-electron chi connectivity index (χ0n) is 9.65. The van der Waals surface area contributed by atoms with Crippen LogP contribution in [0.25, 0.3) is 0 Å². The van der Waals surface area contributed by atoms with Crippen LogP contribution in [0.4, 0.5) is 5.82 Å². The molecule has 1 aromatic heterocycles. The number of carbonyl (C=O) groups is 1. The Labute approximate surface area is 98.8 Å². The average Bonchev–Trinajstić information content (AvgIpc) is 2.75. The maximum Gasteiger partial charge on any atom is 0.256 e. The number of rotatable bonds is 3. The molecule has 1 aromatic carbocycles. The number of nitrogens with zero attached hydrogens (tertiary/aromatic N) is 1. The van der Waals surface area contributed by atoms with Gasteiger partial charge in [0, 0.05) is 11.1 Å². The largest absolute Gasteiger partial charge is 0.497 e. The van der Waals surface area contributed by atoms with Crippen LogP contribution in [0.5, 0.6) is 5.75 Å². The molecule has 0 atom stereocenters. The Bertz CT molecular complexity index is 517. The summed E-state index contributed by atoms with van der Waals surface area (Å²) in [5, 5.41) is 9.30. The second-order valence-electron chi connectivity index (χ2n) is 3.61. The monoisotopic (exact) mass is 231 g/mol. The van der Waals surface area contributed by atoms with Gasteiger partial charge >= 0.3 is 0 Å². The first-order chi connectivity index (χ1) is 8.20. The number of benzene rings is 1. The Kier molecular flexibility index (Phi) is 3.09. The van der Waals surface area contributed by atoms with Gasteiger partial charge in [-0.15, -0.1) is 0 Å². The summed E-state index contributed by atoms with van der Waals surface area (Å²) in [6, 6.07) is 6.91. The van der Waals surface area contributed by atoms with Crippen molar-refractivity contribution in [3.63, 3.8) is 0 Å². The van der Waals surface area contributed by atoms with Crippen molar-refractivity contribution in [2.75, 3.05) is 12.4 Å². The summed E-state index contributed by atoms with van der Waals surface area (Å²) in [6.45, 7) is 1.87. The molecule has 0 unspecified atom stereocenters. The number of aromatic amines is 1. The molecule has 5 nitrogen and oxygen atoms in total. The number of aryl methyl sites for hydroxylation is 1. The lowest BCUT2D eigenvalue weighted by molar-refractivity contribution is 0.102. The maximum atomic E-state index is 11.9. The zero-order valence-corrected chi connectivity index (χ0v) is 9.65. The number of hydrogen-bond donors (Lipinski definition) is 2. The van der Waals surface area contributed by atoms with Crippen molar-refractivity contribution in [1.82, 2.24) is 10.2 Å². The van der Waals surface area contributed by atoms with E-state index in [1.165, 1.54) is 0 Å². The third-order valence-corrected chi connectivity index (χ3v) is 2.42. The van der Waals surface area contributed by atoms with Gasteiger partial charge in [0.25, 0.3) is 5.91 Å². The maximum absolute atomic E-state index is 11.9. The summed E-state index contributed by atoms with van der Waals surface area (Å²) in [7, 11) is 1.59. The lowest BCUT2D eigenvalue weighted by Crippen LogP contribution is -2.12. The molecule has 1 heterocycles. The van der Waals surface area contributed by atoms with E-state index >= 15 is 0 Å². The number of nitrogens with one attached hydrogen (secondary N) is 2. The van der Waals surface area contributed by atoms with Crippen LogP contribution in [0, 0.1) is 6.92 Å². The summed E-state index contributed by atoms with van der Waals surface area (Å²) in [5.74, 6) is 1.16. The van der Waals surface area contributed by atoms with Crippen LogP contribution in [0.15, 0.2) is 30.5 Å². The van der Waals surface area contributed by atoms with Crippen molar-refractivity contribution in [2.24, 2.45) is 0 Å². The van der Waals surface area contributed by atoms with Crippen LogP contribution < -0.4 is 10.1 Å². The Balaban J connectivity index is 2.12. The van der Waals surface area contributed by atoms with Crippen LogP contribution in [0.1, 0.15) is 15.9 Å². The summed E-state index contributed by atoms with van der Waals surface area (Å²) < 4.78 is 5.03. The molecule has 0 aliphatic heterocycles. The highest BCUT2D eigenvalue weighted by Crippen LogP contribution is 2.14. The number of hydrogen-bond acceptors (Lipinski definition) is 3. The van der Waals surface area contributed by atoms with E-state index in [0.29, 0.717) is 11.4 Å². The van der Waals surface area contributed by atoms with Gasteiger partial charge in [-0.1, -0.05) is 0 Å². The van der Waals surface area contributed by atoms with Crippen molar-refractivity contribution in [3.8, 4) is 5.75 Å². The first-order valence-electron chi connectivity index (χ1n) is 5.16. The molecule has 0 aliphatic carbocycles. The summed E-state index contributed by atoms with van der Waals surface area (Å²) >= 11 is 0. The summed E-state index contributed by atoms with van der Waals surface area (Å²) in [6.07, 6.45) is 1.66. The molecular weight excluding hydrogens is 218 g/mol. The number of amides is 1. The quantitative estimate of drug-likeness (QED) is 0.848. The number of H-pyrrole nitrogens is 1. The lowest BCUT2D eigenvalue weighted by atomic mass is 10.2. The van der Waals surface area contributed by atoms with Gasteiger partial charge in [0.05, 0.1) is 13.3 Å². The molecule has 0 fully saturated rings. The molecule has 5 heteroatoms. The zero-order chi connectivity index (χ0) is 12.3. The molecule has 0 spiro atoms. The molecular formula is C12H13N3O2. The summed E-state index contributed by atoms with van der Waals surface area (Å²) in [4.78, 5) is 11.9. The second kappa shape index (κ2) is 4.69. The van der Waals surface area contributed by atoms with Crippen LogP contribution in [0.3, 0.4) is 0 Å². The number of anilines is 1. The van der Waals surface area contributed by atoms with E-state index in [4.69, 9.17) is 4.74 Å². The third kappa shape index (κ3) is 2.44. The number of ether oxygens (including phenoxy) is 1. The van der Waals surface area contributed by atoms with E-state index in [1.807, 2.05) is 6.92 Å². The van der Waals surface area contributed by atoms with Gasteiger partial charge < -0.3 is 10.1 Å². The molecule has 1 amide bonds. The van der Waals surface area contributed by atoms with Gasteiger partial charge in [0.1, 0.15) is 11.6 Å². The van der Waals surface area contributed by atoms with Crippen molar-refractivity contribution in [2.45, 2.75) is 6.92 Å². The van der Waals surface area contributed by atoms with E-state index in [2.05, 4.69) is 15.5 Å². The Morgan fingerprint density at radius 3 is 2.59 bits per heavy atom. The first-order valence-corrected chi connectivity index (χ1v) is 5.16. The molecule has 0 aliphatic rings. The molecule has 2 N–H and O–H groups in total. The minimum absolute atomic E-state index is 0.181. The van der Waals surface area contributed by atoms with Crippen LogP contribution in [-0.4, -0.2) is 23.2 Å². The minimum Gasteiger partial charge on any atom is -0.497 e. The fraction of sp³-hybridized carbons (Fsp3) is 0.167. The molecule has 2 rings (SSSR count). The van der Waals surface area contributed by atoms with E-state index in [0.717, 1.165) is 11.3 Å². The summed E-state index contributed by atoms with van der Waals surface area (Å²) in [5.41, 5.74) is 1.46. The molecule has 2 aromatic rings. The molecule has 0 bridgehead atoms. The van der Waals surface area contributed by atoms with Crippen molar-refractivity contribution >= 4 is 11.7 Å². The highest BCUT2D eigenvalue weighted by atomic mass is 16.5. The number of carbonyl (C=O) groups excluding carboxylic acids is 1. The topological polar surface area (TPSA) is 67.0 Å². The van der Waals surface area contributed by atoms with Crippen molar-refractivity contribution < 1.29 is 9.53 Å².